The number of amides is 2. The SMILES string of the molecule is C[C@@H](NC(=O)Nc1nnc(C2CC2)s1)c1ccc(S(N)(=O)=O)cc1. The molecule has 0 radical (unpaired) electrons. The van der Waals surface area contributed by atoms with Gasteiger partial charge in [-0.15, -0.1) is 10.2 Å². The first kappa shape index (κ1) is 16.8. The molecule has 0 bridgehead atoms. The zero-order valence-corrected chi connectivity index (χ0v) is 14.5. The lowest BCUT2D eigenvalue weighted by atomic mass is 10.1. The number of urea groups is 1. The lowest BCUT2D eigenvalue weighted by Gasteiger charge is -2.14. The number of primary sulfonamides is 1. The Balaban J connectivity index is 1.58. The number of nitrogens with one attached hydrogen (secondary N) is 2. The fourth-order valence-electron chi connectivity index (χ4n) is 2.14. The van der Waals surface area contributed by atoms with Crippen molar-refractivity contribution in [2.45, 2.75) is 36.6 Å². The Bertz CT molecular complexity index is 844. The molecule has 0 aliphatic heterocycles. The molecule has 8 nitrogen and oxygen atoms in total. The topological polar surface area (TPSA) is 127 Å². The van der Waals surface area contributed by atoms with Crippen LogP contribution in [0.1, 0.15) is 42.3 Å². The summed E-state index contributed by atoms with van der Waals surface area (Å²) in [4.78, 5) is 12.0. The Hall–Kier alpha value is -2.04. The number of carbonyl (C=O) groups excluding carboxylic acids is 1. The highest BCUT2D eigenvalue weighted by Gasteiger charge is 2.27. The van der Waals surface area contributed by atoms with Crippen LogP contribution in [0.15, 0.2) is 29.2 Å². The second-order valence-electron chi connectivity index (χ2n) is 5.65. The quantitative estimate of drug-likeness (QED) is 0.744. The van der Waals surface area contributed by atoms with Crippen molar-refractivity contribution < 1.29 is 13.2 Å². The maximum atomic E-state index is 12.0. The third kappa shape index (κ3) is 4.08. The summed E-state index contributed by atoms with van der Waals surface area (Å²) in [7, 11) is -3.72. The van der Waals surface area contributed by atoms with E-state index in [2.05, 4.69) is 20.8 Å². The molecular weight excluding hydrogens is 350 g/mol. The third-order valence-electron chi connectivity index (χ3n) is 3.64. The molecule has 1 fully saturated rings. The lowest BCUT2D eigenvalue weighted by Crippen LogP contribution is -2.31. The van der Waals surface area contributed by atoms with Crippen LogP contribution in [0.5, 0.6) is 0 Å². The fraction of sp³-hybridized carbons (Fsp3) is 0.357. The van der Waals surface area contributed by atoms with Gasteiger partial charge in [0.1, 0.15) is 5.01 Å². The highest BCUT2D eigenvalue weighted by Crippen LogP contribution is 2.42. The molecule has 4 N–H and O–H groups in total. The van der Waals surface area contributed by atoms with Gasteiger partial charge in [-0.3, -0.25) is 5.32 Å². The van der Waals surface area contributed by atoms with Crippen LogP contribution < -0.4 is 15.8 Å². The number of nitrogens with two attached hydrogens (primary N) is 1. The van der Waals surface area contributed by atoms with Crippen molar-refractivity contribution in [3.8, 4) is 0 Å². The van der Waals surface area contributed by atoms with Gasteiger partial charge in [-0.05, 0) is 37.5 Å². The van der Waals surface area contributed by atoms with E-state index in [0.717, 1.165) is 23.4 Å². The van der Waals surface area contributed by atoms with E-state index < -0.39 is 16.1 Å². The van der Waals surface area contributed by atoms with Crippen molar-refractivity contribution >= 4 is 32.5 Å². The molecule has 1 atom stereocenters. The number of benzene rings is 1. The molecule has 1 aromatic carbocycles. The van der Waals surface area contributed by atoms with E-state index in [0.29, 0.717) is 11.0 Å². The molecule has 0 saturated heterocycles. The van der Waals surface area contributed by atoms with Gasteiger partial charge in [0.25, 0.3) is 0 Å². The van der Waals surface area contributed by atoms with E-state index in [1.165, 1.54) is 23.5 Å². The molecule has 1 aliphatic carbocycles. The van der Waals surface area contributed by atoms with E-state index in [9.17, 15) is 13.2 Å². The monoisotopic (exact) mass is 367 g/mol. The number of rotatable bonds is 5. The minimum Gasteiger partial charge on any atom is -0.331 e. The van der Waals surface area contributed by atoms with Gasteiger partial charge in [-0.25, -0.2) is 18.4 Å². The lowest BCUT2D eigenvalue weighted by molar-refractivity contribution is 0.249. The largest absolute Gasteiger partial charge is 0.331 e. The second-order valence-corrected chi connectivity index (χ2v) is 8.22. The predicted octanol–water partition coefficient (Wildman–Crippen LogP) is 1.95. The van der Waals surface area contributed by atoms with Crippen molar-refractivity contribution in [2.24, 2.45) is 5.14 Å². The molecule has 128 valence electrons. The van der Waals surface area contributed by atoms with Crippen molar-refractivity contribution in [2.75, 3.05) is 5.32 Å². The summed E-state index contributed by atoms with van der Waals surface area (Å²) in [5, 5.41) is 19.9. The number of sulfonamides is 1. The van der Waals surface area contributed by atoms with Crippen LogP contribution in [-0.2, 0) is 10.0 Å². The number of hydrogen-bond donors (Lipinski definition) is 3. The summed E-state index contributed by atoms with van der Waals surface area (Å²) in [6, 6.07) is 5.34. The number of anilines is 1. The van der Waals surface area contributed by atoms with Gasteiger partial charge < -0.3 is 5.32 Å². The summed E-state index contributed by atoms with van der Waals surface area (Å²) < 4.78 is 22.5. The van der Waals surface area contributed by atoms with Crippen LogP contribution in [0.2, 0.25) is 0 Å². The summed E-state index contributed by atoms with van der Waals surface area (Å²) >= 11 is 1.38. The van der Waals surface area contributed by atoms with Crippen molar-refractivity contribution in [3.63, 3.8) is 0 Å². The van der Waals surface area contributed by atoms with Crippen LogP contribution in [0.4, 0.5) is 9.93 Å². The van der Waals surface area contributed by atoms with Crippen LogP contribution in [0, 0.1) is 0 Å². The zero-order valence-electron chi connectivity index (χ0n) is 12.9. The number of carbonyl (C=O) groups is 1. The highest BCUT2D eigenvalue weighted by molar-refractivity contribution is 7.89. The minimum atomic E-state index is -3.72. The minimum absolute atomic E-state index is 0.0318. The van der Waals surface area contributed by atoms with E-state index in [1.807, 2.05) is 0 Å². The van der Waals surface area contributed by atoms with Gasteiger partial charge in [0.05, 0.1) is 10.9 Å². The number of aromatic nitrogens is 2. The normalized spacial score (nSPS) is 15.8. The zero-order chi connectivity index (χ0) is 17.3. The first-order valence-corrected chi connectivity index (χ1v) is 9.73. The Labute approximate surface area is 143 Å². The molecule has 1 aromatic heterocycles. The Morgan fingerprint density at radius 1 is 1.29 bits per heavy atom. The van der Waals surface area contributed by atoms with Gasteiger partial charge in [0.2, 0.25) is 15.2 Å². The summed E-state index contributed by atoms with van der Waals surface area (Å²) in [6.45, 7) is 1.79. The second kappa shape index (κ2) is 6.46. The van der Waals surface area contributed by atoms with Crippen molar-refractivity contribution in [1.82, 2.24) is 15.5 Å². The van der Waals surface area contributed by atoms with E-state index in [1.54, 1.807) is 19.1 Å². The Morgan fingerprint density at radius 2 is 1.96 bits per heavy atom. The van der Waals surface area contributed by atoms with E-state index in [4.69, 9.17) is 5.14 Å². The van der Waals surface area contributed by atoms with E-state index >= 15 is 0 Å². The molecule has 0 unspecified atom stereocenters. The Kier molecular flexibility index (Phi) is 4.52. The molecular formula is C14H17N5O3S2. The smallest absolute Gasteiger partial charge is 0.321 e. The van der Waals surface area contributed by atoms with Gasteiger partial charge in [-0.1, -0.05) is 23.5 Å². The predicted molar refractivity (Wildman–Crippen MR) is 90.3 cm³/mol. The Morgan fingerprint density at radius 3 is 2.54 bits per heavy atom. The van der Waals surface area contributed by atoms with Crippen molar-refractivity contribution in [3.05, 3.63) is 34.8 Å². The molecule has 3 rings (SSSR count). The molecule has 0 spiro atoms. The van der Waals surface area contributed by atoms with Gasteiger partial charge >= 0.3 is 6.03 Å². The number of hydrogen-bond acceptors (Lipinski definition) is 6. The summed E-state index contributed by atoms with van der Waals surface area (Å²) in [5.74, 6) is 0.498. The van der Waals surface area contributed by atoms with Crippen LogP contribution >= 0.6 is 11.3 Å². The molecule has 2 aromatic rings. The summed E-state index contributed by atoms with van der Waals surface area (Å²) in [6.07, 6.45) is 2.26. The molecule has 1 aliphatic rings. The maximum Gasteiger partial charge on any atom is 0.321 e. The molecule has 1 saturated carbocycles. The third-order valence-corrected chi connectivity index (χ3v) is 5.57. The maximum absolute atomic E-state index is 12.0. The average Bonchev–Trinajstić information content (AvgIpc) is 3.27. The van der Waals surface area contributed by atoms with Crippen LogP contribution in [-0.4, -0.2) is 24.6 Å². The van der Waals surface area contributed by atoms with Crippen LogP contribution in [0.3, 0.4) is 0 Å². The fourth-order valence-corrected chi connectivity index (χ4v) is 3.56. The van der Waals surface area contributed by atoms with Gasteiger partial charge in [-0.2, -0.15) is 0 Å². The van der Waals surface area contributed by atoms with Gasteiger partial charge in [0.15, 0.2) is 0 Å². The number of nitrogens with zero attached hydrogens (tertiary/aromatic N) is 2. The molecule has 24 heavy (non-hydrogen) atoms. The molecule has 10 heteroatoms. The van der Waals surface area contributed by atoms with Crippen LogP contribution in [0.25, 0.3) is 0 Å². The first-order valence-electron chi connectivity index (χ1n) is 7.36. The highest BCUT2D eigenvalue weighted by atomic mass is 32.2. The summed E-state index contributed by atoms with van der Waals surface area (Å²) in [5.41, 5.74) is 0.758. The molecule has 2 amide bonds. The van der Waals surface area contributed by atoms with Gasteiger partial charge in [0, 0.05) is 5.92 Å². The standard InChI is InChI=1S/C14H17N5O3S2/c1-8(9-4-6-11(7-5-9)24(15,21)22)16-13(20)17-14-19-18-12(23-14)10-2-3-10/h4-8,10H,2-3H2,1H3,(H2,15,21,22)(H2,16,17,19,20)/t8-/m1/s1. The average molecular weight is 367 g/mol. The van der Waals surface area contributed by atoms with E-state index in [-0.39, 0.29) is 10.9 Å². The molecule has 1 heterocycles. The first-order chi connectivity index (χ1) is 11.3. The van der Waals surface area contributed by atoms with Crippen molar-refractivity contribution in [1.29, 1.82) is 0 Å².